The predicted molar refractivity (Wildman–Crippen MR) is 160 cm³/mol. The maximum absolute atomic E-state index is 13.1. The van der Waals surface area contributed by atoms with Gasteiger partial charge in [-0.05, 0) is 42.3 Å². The highest BCUT2D eigenvalue weighted by Gasteiger charge is 2.46. The molecule has 1 aliphatic heterocycles. The van der Waals surface area contributed by atoms with Crippen molar-refractivity contribution in [1.82, 2.24) is 0 Å². The Morgan fingerprint density at radius 2 is 1.61 bits per heavy atom. The fourth-order valence-corrected chi connectivity index (χ4v) is 4.72. The van der Waals surface area contributed by atoms with E-state index in [9.17, 15) is 29.4 Å². The number of methoxy groups -OCH3 is 2. The Morgan fingerprint density at radius 1 is 0.955 bits per heavy atom. The van der Waals surface area contributed by atoms with Crippen LogP contribution in [0.4, 0.5) is 26.7 Å². The third-order valence-corrected chi connectivity index (χ3v) is 7.01. The minimum Gasteiger partial charge on any atom is -0.465 e. The van der Waals surface area contributed by atoms with E-state index in [0.29, 0.717) is 5.56 Å². The van der Waals surface area contributed by atoms with E-state index in [0.717, 1.165) is 12.0 Å². The molecule has 13 heteroatoms. The maximum Gasteiger partial charge on any atom is 0.437 e. The first kappa shape index (κ1) is 31.7. The van der Waals surface area contributed by atoms with Crippen LogP contribution in [0.3, 0.4) is 0 Å². The van der Waals surface area contributed by atoms with E-state index in [-0.39, 0.29) is 42.1 Å². The highest BCUT2D eigenvalue weighted by Crippen LogP contribution is 2.39. The van der Waals surface area contributed by atoms with Gasteiger partial charge in [0.05, 0.1) is 55.6 Å². The summed E-state index contributed by atoms with van der Waals surface area (Å²) in [5.41, 5.74) is -0.194. The summed E-state index contributed by atoms with van der Waals surface area (Å²) in [5.74, 6) is -1.51. The third kappa shape index (κ3) is 6.85. The van der Waals surface area contributed by atoms with Crippen LogP contribution in [0.1, 0.15) is 28.8 Å². The van der Waals surface area contributed by atoms with Crippen molar-refractivity contribution in [2.75, 3.05) is 42.5 Å². The zero-order valence-corrected chi connectivity index (χ0v) is 24.1. The first-order valence-corrected chi connectivity index (χ1v) is 13.5. The van der Waals surface area contributed by atoms with Crippen LogP contribution in [-0.2, 0) is 25.6 Å². The molecule has 3 aromatic carbocycles. The molecule has 230 valence electrons. The van der Waals surface area contributed by atoms with Crippen molar-refractivity contribution in [2.24, 2.45) is 4.99 Å². The lowest BCUT2D eigenvalue weighted by atomic mass is 9.97. The Hall–Kier alpha value is -5.27. The summed E-state index contributed by atoms with van der Waals surface area (Å²) in [6.07, 6.45) is -1.81. The Balaban J connectivity index is 1.86. The second kappa shape index (κ2) is 14.3. The van der Waals surface area contributed by atoms with Crippen molar-refractivity contribution in [1.29, 1.82) is 0 Å². The van der Waals surface area contributed by atoms with Crippen LogP contribution in [0.5, 0.6) is 0 Å². The van der Waals surface area contributed by atoms with Crippen LogP contribution in [0.15, 0.2) is 83.9 Å². The second-order valence-corrected chi connectivity index (χ2v) is 9.73. The van der Waals surface area contributed by atoms with Gasteiger partial charge in [0.25, 0.3) is 0 Å². The number of hydrogen-bond donors (Lipinski definition) is 3. The fourth-order valence-electron chi connectivity index (χ4n) is 4.72. The van der Waals surface area contributed by atoms with Gasteiger partial charge in [-0.1, -0.05) is 48.5 Å². The zero-order chi connectivity index (χ0) is 31.7. The predicted octanol–water partition coefficient (Wildman–Crippen LogP) is 3.70. The highest BCUT2D eigenvalue weighted by molar-refractivity contribution is 6.21. The third-order valence-electron chi connectivity index (χ3n) is 7.01. The number of guanidine groups is 1. The van der Waals surface area contributed by atoms with Gasteiger partial charge in [-0.25, -0.2) is 19.3 Å². The topological polar surface area (TPSA) is 167 Å². The van der Waals surface area contributed by atoms with Crippen LogP contribution in [0.25, 0.3) is 0 Å². The molecule has 44 heavy (non-hydrogen) atoms. The fraction of sp³-hybridized carbons (Fsp3) is 0.258. The number of nitrogens with one attached hydrogen (secondary N) is 1. The number of hydrogen-bond acceptors (Lipinski definition) is 9. The lowest BCUT2D eigenvalue weighted by Crippen LogP contribution is -2.52. The van der Waals surface area contributed by atoms with Gasteiger partial charge in [-0.2, -0.15) is 0 Å². The molecular formula is C31H32N4O9. The molecule has 3 aromatic rings. The molecule has 3 amide bonds. The lowest BCUT2D eigenvalue weighted by molar-refractivity contribution is -0.117. The Bertz CT molecular complexity index is 1530. The molecule has 13 nitrogen and oxygen atoms in total. The Kier molecular flexibility index (Phi) is 10.3. The number of nitrogens with zero attached hydrogens (tertiary/aromatic N) is 3. The van der Waals surface area contributed by atoms with Crippen LogP contribution in [0.2, 0.25) is 0 Å². The number of esters is 1. The summed E-state index contributed by atoms with van der Waals surface area (Å²) in [7, 11) is 2.34. The largest absolute Gasteiger partial charge is 0.465 e. The van der Waals surface area contributed by atoms with E-state index in [1.807, 2.05) is 6.07 Å². The van der Waals surface area contributed by atoms with E-state index in [1.165, 1.54) is 30.2 Å². The molecule has 0 saturated carbocycles. The number of rotatable bonds is 8. The van der Waals surface area contributed by atoms with Crippen molar-refractivity contribution in [3.05, 3.63) is 90.0 Å². The van der Waals surface area contributed by atoms with Gasteiger partial charge < -0.3 is 29.7 Å². The van der Waals surface area contributed by atoms with E-state index in [4.69, 9.17) is 14.2 Å². The molecule has 1 heterocycles. The van der Waals surface area contributed by atoms with Crippen molar-refractivity contribution in [3.8, 4) is 0 Å². The Labute approximate surface area is 253 Å². The first-order chi connectivity index (χ1) is 21.3. The summed E-state index contributed by atoms with van der Waals surface area (Å²) in [4.78, 5) is 58.0. The minimum absolute atomic E-state index is 0.0221. The summed E-state index contributed by atoms with van der Waals surface area (Å²) >= 11 is 0. The van der Waals surface area contributed by atoms with Gasteiger partial charge >= 0.3 is 18.2 Å². The Morgan fingerprint density at radius 3 is 2.23 bits per heavy atom. The average Bonchev–Trinajstić information content (AvgIpc) is 3.40. The van der Waals surface area contributed by atoms with Crippen molar-refractivity contribution in [2.45, 2.75) is 25.0 Å². The van der Waals surface area contributed by atoms with Gasteiger partial charge in [-0.15, -0.1) is 4.99 Å². The standard InChI is InChI=1S/C31H32N4O9/c1-42-27(39)22-13-14-25(35-26(38)15-16-31(35,19-36)20-37)24(17-22)32-28(33-29(40)44-18-21-9-5-3-6-10-21)34(30(41)43-2)23-11-7-4-8-12-23/h3-14,17,36-37H,15-16,18-20H2,1-2H3,(H,32,33,40). The van der Waals surface area contributed by atoms with Crippen molar-refractivity contribution >= 4 is 47.1 Å². The molecule has 1 aliphatic rings. The quantitative estimate of drug-likeness (QED) is 0.149. The first-order valence-electron chi connectivity index (χ1n) is 13.5. The van der Waals surface area contributed by atoms with Gasteiger partial charge in [0, 0.05) is 6.42 Å². The normalized spacial score (nSPS) is 14.1. The SMILES string of the molecule is COC(=O)c1ccc(N2C(=O)CCC2(CO)CO)c(N/C(=N\C(=O)OCc2ccccc2)N(C(=O)OC)c2ccccc2)c1. The van der Waals surface area contributed by atoms with E-state index in [2.05, 4.69) is 10.3 Å². The monoisotopic (exact) mass is 604 g/mol. The maximum atomic E-state index is 13.1. The molecule has 0 atom stereocenters. The second-order valence-electron chi connectivity index (χ2n) is 9.73. The molecule has 0 bridgehead atoms. The van der Waals surface area contributed by atoms with Crippen LogP contribution < -0.4 is 15.1 Å². The highest BCUT2D eigenvalue weighted by atomic mass is 16.6. The smallest absolute Gasteiger partial charge is 0.437 e. The molecule has 1 saturated heterocycles. The summed E-state index contributed by atoms with van der Waals surface area (Å²) in [5, 5.41) is 23.4. The molecule has 3 N–H and O–H groups in total. The number of carbonyl (C=O) groups excluding carboxylic acids is 4. The van der Waals surface area contributed by atoms with Gasteiger partial charge in [-0.3, -0.25) is 9.69 Å². The summed E-state index contributed by atoms with van der Waals surface area (Å²) in [6, 6.07) is 21.2. The number of anilines is 3. The van der Waals surface area contributed by atoms with Gasteiger partial charge in [0.1, 0.15) is 6.61 Å². The number of benzene rings is 3. The van der Waals surface area contributed by atoms with Crippen molar-refractivity contribution in [3.63, 3.8) is 0 Å². The lowest BCUT2D eigenvalue weighted by Gasteiger charge is -2.37. The molecule has 0 radical (unpaired) electrons. The van der Waals surface area contributed by atoms with Crippen molar-refractivity contribution < 1.29 is 43.6 Å². The molecule has 0 aliphatic carbocycles. The van der Waals surface area contributed by atoms with Crippen LogP contribution >= 0.6 is 0 Å². The molecule has 1 fully saturated rings. The number of aliphatic imine (C=N–C) groups is 1. The number of para-hydroxylation sites is 1. The van der Waals surface area contributed by atoms with E-state index >= 15 is 0 Å². The number of amides is 3. The van der Waals surface area contributed by atoms with Crippen LogP contribution in [0, 0.1) is 0 Å². The van der Waals surface area contributed by atoms with Gasteiger partial charge in [0.15, 0.2) is 0 Å². The number of aliphatic hydroxyl groups excluding tert-OH is 2. The molecular weight excluding hydrogens is 572 g/mol. The molecule has 0 unspecified atom stereocenters. The zero-order valence-electron chi connectivity index (χ0n) is 24.1. The molecule has 0 aromatic heterocycles. The number of ether oxygens (including phenoxy) is 3. The number of aliphatic hydroxyl groups is 2. The summed E-state index contributed by atoms with van der Waals surface area (Å²) in [6.45, 7) is -1.22. The van der Waals surface area contributed by atoms with Gasteiger partial charge in [0.2, 0.25) is 11.9 Å². The molecule has 0 spiro atoms. The summed E-state index contributed by atoms with van der Waals surface area (Å²) < 4.78 is 15.2. The number of carbonyl (C=O) groups is 4. The molecule has 4 rings (SSSR count). The average molecular weight is 605 g/mol. The minimum atomic E-state index is -1.35. The van der Waals surface area contributed by atoms with Crippen LogP contribution in [-0.4, -0.2) is 73.2 Å². The van der Waals surface area contributed by atoms with E-state index in [1.54, 1.807) is 54.6 Å². The van der Waals surface area contributed by atoms with E-state index < -0.39 is 48.8 Å².